The molecule has 0 radical (unpaired) electrons. The molecular formula is C17H10ClF2N3O2. The lowest BCUT2D eigenvalue weighted by atomic mass is 10.2. The molecule has 1 aromatic heterocycles. The second kappa shape index (κ2) is 7.23. The van der Waals surface area contributed by atoms with Crippen molar-refractivity contribution in [2.24, 2.45) is 0 Å². The topological polar surface area (TPSA) is 68.0 Å². The van der Waals surface area contributed by atoms with Crippen molar-refractivity contribution >= 4 is 29.6 Å². The van der Waals surface area contributed by atoms with E-state index >= 15 is 0 Å². The van der Waals surface area contributed by atoms with E-state index in [1.165, 1.54) is 18.2 Å². The van der Waals surface area contributed by atoms with Crippen molar-refractivity contribution in [2.45, 2.75) is 0 Å². The third-order valence-corrected chi connectivity index (χ3v) is 3.48. The molecule has 0 saturated heterocycles. The number of hydrogen-bond acceptors (Lipinski definition) is 4. The SMILES string of the molecule is O=C(C=Cc1ccccc1Cl)Nc1nnc(-c2ccc(F)cc2F)o1. The zero-order valence-electron chi connectivity index (χ0n) is 12.5. The van der Waals surface area contributed by atoms with Gasteiger partial charge in [0, 0.05) is 17.2 Å². The van der Waals surface area contributed by atoms with Crippen molar-refractivity contribution in [3.63, 3.8) is 0 Å². The number of rotatable bonds is 4. The molecule has 3 aromatic rings. The minimum Gasteiger partial charge on any atom is -0.403 e. The number of benzene rings is 2. The van der Waals surface area contributed by atoms with E-state index in [0.717, 1.165) is 6.07 Å². The second-order valence-electron chi connectivity index (χ2n) is 4.88. The van der Waals surface area contributed by atoms with Gasteiger partial charge < -0.3 is 4.42 Å². The molecule has 5 nitrogen and oxygen atoms in total. The number of amides is 1. The highest BCUT2D eigenvalue weighted by Crippen LogP contribution is 2.23. The Morgan fingerprint density at radius 1 is 1.16 bits per heavy atom. The summed E-state index contributed by atoms with van der Waals surface area (Å²) in [5.41, 5.74) is 0.597. The molecule has 0 aliphatic heterocycles. The van der Waals surface area contributed by atoms with Crippen molar-refractivity contribution in [3.8, 4) is 11.5 Å². The van der Waals surface area contributed by atoms with Gasteiger partial charge in [0.25, 0.3) is 11.8 Å². The fourth-order valence-electron chi connectivity index (χ4n) is 1.97. The third kappa shape index (κ3) is 4.07. The van der Waals surface area contributed by atoms with Crippen LogP contribution in [-0.2, 0) is 4.79 Å². The standard InChI is InChI=1S/C17H10ClF2N3O2/c18-13-4-2-1-3-10(13)5-8-15(24)21-17-23-22-16(25-17)12-7-6-11(19)9-14(12)20/h1-9H,(H,21,23,24). The fourth-order valence-corrected chi connectivity index (χ4v) is 2.17. The minimum atomic E-state index is -0.847. The van der Waals surface area contributed by atoms with Gasteiger partial charge in [0.1, 0.15) is 11.6 Å². The average molecular weight is 362 g/mol. The van der Waals surface area contributed by atoms with E-state index in [9.17, 15) is 13.6 Å². The molecule has 0 aliphatic rings. The van der Waals surface area contributed by atoms with E-state index in [2.05, 4.69) is 15.5 Å². The Morgan fingerprint density at radius 2 is 1.96 bits per heavy atom. The summed E-state index contributed by atoms with van der Waals surface area (Å²) < 4.78 is 31.7. The van der Waals surface area contributed by atoms with Crippen LogP contribution in [0.25, 0.3) is 17.5 Å². The Balaban J connectivity index is 1.71. The van der Waals surface area contributed by atoms with Gasteiger partial charge in [-0.25, -0.2) is 8.78 Å². The molecule has 8 heteroatoms. The molecular weight excluding hydrogens is 352 g/mol. The summed E-state index contributed by atoms with van der Waals surface area (Å²) in [4.78, 5) is 11.9. The number of aromatic nitrogens is 2. The third-order valence-electron chi connectivity index (χ3n) is 3.14. The zero-order valence-corrected chi connectivity index (χ0v) is 13.3. The summed E-state index contributed by atoms with van der Waals surface area (Å²) in [5.74, 6) is -2.28. The first-order chi connectivity index (χ1) is 12.0. The molecule has 126 valence electrons. The summed E-state index contributed by atoms with van der Waals surface area (Å²) in [7, 11) is 0. The van der Waals surface area contributed by atoms with Crippen molar-refractivity contribution in [1.82, 2.24) is 10.2 Å². The van der Waals surface area contributed by atoms with Crippen LogP contribution < -0.4 is 5.32 Å². The van der Waals surface area contributed by atoms with Gasteiger partial charge >= 0.3 is 6.01 Å². The molecule has 1 N–H and O–H groups in total. The summed E-state index contributed by atoms with van der Waals surface area (Å²) >= 11 is 5.98. The van der Waals surface area contributed by atoms with Crippen LogP contribution in [0.4, 0.5) is 14.8 Å². The Bertz CT molecular complexity index is 957. The molecule has 0 unspecified atom stereocenters. The van der Waals surface area contributed by atoms with E-state index in [4.69, 9.17) is 16.0 Å². The lowest BCUT2D eigenvalue weighted by Gasteiger charge is -1.98. The van der Waals surface area contributed by atoms with Crippen LogP contribution in [0.2, 0.25) is 5.02 Å². The van der Waals surface area contributed by atoms with Crippen molar-refractivity contribution in [2.75, 3.05) is 5.32 Å². The highest BCUT2D eigenvalue weighted by molar-refractivity contribution is 6.32. The van der Waals surface area contributed by atoms with Crippen LogP contribution in [-0.4, -0.2) is 16.1 Å². The van der Waals surface area contributed by atoms with Crippen molar-refractivity contribution in [3.05, 3.63) is 70.8 Å². The largest absolute Gasteiger partial charge is 0.403 e. The van der Waals surface area contributed by atoms with E-state index in [-0.39, 0.29) is 17.5 Å². The van der Waals surface area contributed by atoms with Crippen LogP contribution in [0.5, 0.6) is 0 Å². The van der Waals surface area contributed by atoms with Crippen LogP contribution in [0, 0.1) is 11.6 Å². The molecule has 25 heavy (non-hydrogen) atoms. The lowest BCUT2D eigenvalue weighted by Crippen LogP contribution is -2.07. The van der Waals surface area contributed by atoms with Gasteiger partial charge in [0.05, 0.1) is 5.56 Å². The maximum absolute atomic E-state index is 13.7. The molecule has 0 spiro atoms. The van der Waals surface area contributed by atoms with Crippen LogP contribution in [0.3, 0.4) is 0 Å². The summed E-state index contributed by atoms with van der Waals surface area (Å²) in [5, 5.41) is 10.1. The number of carbonyl (C=O) groups is 1. The van der Waals surface area contributed by atoms with Crippen molar-refractivity contribution < 1.29 is 18.0 Å². The molecule has 0 atom stereocenters. The smallest absolute Gasteiger partial charge is 0.322 e. The molecule has 0 fully saturated rings. The van der Waals surface area contributed by atoms with Crippen LogP contribution in [0.15, 0.2) is 53.0 Å². The van der Waals surface area contributed by atoms with E-state index in [1.54, 1.807) is 24.3 Å². The quantitative estimate of drug-likeness (QED) is 0.703. The first-order valence-electron chi connectivity index (χ1n) is 7.05. The number of anilines is 1. The summed E-state index contributed by atoms with van der Waals surface area (Å²) in [6.45, 7) is 0. The molecule has 1 heterocycles. The predicted molar refractivity (Wildman–Crippen MR) is 88.8 cm³/mol. The van der Waals surface area contributed by atoms with Gasteiger partial charge in [0.2, 0.25) is 0 Å². The molecule has 1 amide bonds. The van der Waals surface area contributed by atoms with Gasteiger partial charge in [-0.15, -0.1) is 5.10 Å². The van der Waals surface area contributed by atoms with E-state index in [1.807, 2.05) is 0 Å². The summed E-state index contributed by atoms with van der Waals surface area (Å²) in [6.07, 6.45) is 2.76. The first kappa shape index (κ1) is 16.8. The number of hydrogen-bond donors (Lipinski definition) is 1. The summed E-state index contributed by atoms with van der Waals surface area (Å²) in [6, 6.07) is 9.71. The van der Waals surface area contributed by atoms with Gasteiger partial charge in [-0.3, -0.25) is 10.1 Å². The van der Waals surface area contributed by atoms with Gasteiger partial charge in [-0.2, -0.15) is 0 Å². The molecule has 0 saturated carbocycles. The Labute approximate surface area is 145 Å². The zero-order chi connectivity index (χ0) is 17.8. The molecule has 3 rings (SSSR count). The van der Waals surface area contributed by atoms with Crippen LogP contribution in [0.1, 0.15) is 5.56 Å². The number of carbonyl (C=O) groups excluding carboxylic acids is 1. The lowest BCUT2D eigenvalue weighted by molar-refractivity contribution is -0.112. The maximum Gasteiger partial charge on any atom is 0.322 e. The van der Waals surface area contributed by atoms with E-state index < -0.39 is 17.5 Å². The highest BCUT2D eigenvalue weighted by Gasteiger charge is 2.14. The predicted octanol–water partition coefficient (Wildman–Crippen LogP) is 4.32. The molecule has 0 bridgehead atoms. The van der Waals surface area contributed by atoms with Crippen LogP contribution >= 0.6 is 11.6 Å². The Morgan fingerprint density at radius 3 is 2.72 bits per heavy atom. The molecule has 2 aromatic carbocycles. The minimum absolute atomic E-state index is 0.0685. The number of halogens is 3. The first-order valence-corrected chi connectivity index (χ1v) is 7.43. The normalized spacial score (nSPS) is 11.0. The second-order valence-corrected chi connectivity index (χ2v) is 5.29. The van der Waals surface area contributed by atoms with Gasteiger partial charge in [-0.05, 0) is 29.8 Å². The number of nitrogens with one attached hydrogen (secondary N) is 1. The van der Waals surface area contributed by atoms with Gasteiger partial charge in [0.15, 0.2) is 0 Å². The average Bonchev–Trinajstić information content (AvgIpc) is 3.02. The van der Waals surface area contributed by atoms with E-state index in [0.29, 0.717) is 16.7 Å². The fraction of sp³-hybridized carbons (Fsp3) is 0. The molecule has 0 aliphatic carbocycles. The van der Waals surface area contributed by atoms with Crippen molar-refractivity contribution in [1.29, 1.82) is 0 Å². The monoisotopic (exact) mass is 361 g/mol. The Kier molecular flexibility index (Phi) is 4.85. The highest BCUT2D eigenvalue weighted by atomic mass is 35.5. The Hall–Kier alpha value is -3.06. The van der Waals surface area contributed by atoms with Gasteiger partial charge in [-0.1, -0.05) is 34.9 Å². The maximum atomic E-state index is 13.7. The number of nitrogens with zero attached hydrogens (tertiary/aromatic N) is 2.